The fraction of sp³-hybridized carbons (Fsp3) is 0.238. The molecule has 3 rings (SSSR count). The summed E-state index contributed by atoms with van der Waals surface area (Å²) in [5, 5.41) is 9.77. The summed E-state index contributed by atoms with van der Waals surface area (Å²) in [7, 11) is 0. The van der Waals surface area contributed by atoms with Gasteiger partial charge in [0, 0.05) is 12.2 Å². The molecule has 0 saturated heterocycles. The summed E-state index contributed by atoms with van der Waals surface area (Å²) in [5.41, 5.74) is 4.03. The van der Waals surface area contributed by atoms with Gasteiger partial charge in [-0.15, -0.1) is 11.8 Å². The average Bonchev–Trinajstić information content (AvgIpc) is 3.22. The summed E-state index contributed by atoms with van der Waals surface area (Å²) >= 11 is 1.29. The van der Waals surface area contributed by atoms with Crippen molar-refractivity contribution in [1.29, 1.82) is 0 Å². The summed E-state index contributed by atoms with van der Waals surface area (Å²) in [5.74, 6) is 0.267. The lowest BCUT2D eigenvalue weighted by Crippen LogP contribution is -2.25. The van der Waals surface area contributed by atoms with Gasteiger partial charge in [-0.3, -0.25) is 9.59 Å². The van der Waals surface area contributed by atoms with Gasteiger partial charge < -0.3 is 10.6 Å². The van der Waals surface area contributed by atoms with Crippen molar-refractivity contribution < 1.29 is 9.59 Å². The fourth-order valence-electron chi connectivity index (χ4n) is 2.59. The van der Waals surface area contributed by atoms with E-state index in [0.717, 1.165) is 22.4 Å². The smallest absolute Gasteiger partial charge is 0.234 e. The van der Waals surface area contributed by atoms with Crippen LogP contribution in [-0.4, -0.2) is 38.1 Å². The normalized spacial score (nSPS) is 10.5. The van der Waals surface area contributed by atoms with Gasteiger partial charge in [0.05, 0.1) is 18.1 Å². The first kappa shape index (κ1) is 20.6. The highest BCUT2D eigenvalue weighted by atomic mass is 32.2. The van der Waals surface area contributed by atoms with Crippen molar-refractivity contribution in [2.45, 2.75) is 20.0 Å². The molecular weight excluding hydrogens is 386 g/mol. The summed E-state index contributed by atoms with van der Waals surface area (Å²) in [6.07, 6.45) is 3.18. The number of nitrogens with one attached hydrogen (secondary N) is 2. The van der Waals surface area contributed by atoms with Gasteiger partial charge in [0.1, 0.15) is 12.7 Å². The Morgan fingerprint density at radius 3 is 2.34 bits per heavy atom. The Kier molecular flexibility index (Phi) is 7.40. The standard InChI is InChI=1S/C21H23N5O2S/c1-16-2-8-19(9-3-16)25-21(28)13-29-12-20(27)23-10-17-4-6-18(7-5-17)11-26-15-22-14-24-26/h2-9,14-15H,10-13H2,1H3,(H,23,27)(H,25,28). The molecule has 0 atom stereocenters. The number of hydrogen-bond donors (Lipinski definition) is 2. The van der Waals surface area contributed by atoms with Gasteiger partial charge in [0.2, 0.25) is 11.8 Å². The maximum absolute atomic E-state index is 12.0. The summed E-state index contributed by atoms with van der Waals surface area (Å²) in [4.78, 5) is 27.8. The van der Waals surface area contributed by atoms with E-state index >= 15 is 0 Å². The Morgan fingerprint density at radius 1 is 0.966 bits per heavy atom. The van der Waals surface area contributed by atoms with Crippen LogP contribution in [0.25, 0.3) is 0 Å². The van der Waals surface area contributed by atoms with E-state index < -0.39 is 0 Å². The van der Waals surface area contributed by atoms with Crippen LogP contribution in [0.15, 0.2) is 61.2 Å². The van der Waals surface area contributed by atoms with Crippen molar-refractivity contribution in [1.82, 2.24) is 20.1 Å². The Morgan fingerprint density at radius 2 is 1.66 bits per heavy atom. The average molecular weight is 410 g/mol. The second kappa shape index (κ2) is 10.4. The Balaban J connectivity index is 1.33. The van der Waals surface area contributed by atoms with Gasteiger partial charge in [0.25, 0.3) is 0 Å². The number of aryl methyl sites for hydroxylation is 1. The minimum absolute atomic E-state index is 0.0928. The zero-order chi connectivity index (χ0) is 20.5. The number of carbonyl (C=O) groups is 2. The lowest BCUT2D eigenvalue weighted by Gasteiger charge is -2.07. The summed E-state index contributed by atoms with van der Waals surface area (Å²) in [6.45, 7) is 3.11. The number of carbonyl (C=O) groups excluding carboxylic acids is 2. The van der Waals surface area contributed by atoms with Crippen molar-refractivity contribution in [3.8, 4) is 0 Å². The van der Waals surface area contributed by atoms with E-state index in [9.17, 15) is 9.59 Å². The van der Waals surface area contributed by atoms with Crippen molar-refractivity contribution in [3.05, 3.63) is 77.9 Å². The van der Waals surface area contributed by atoms with E-state index in [0.29, 0.717) is 13.1 Å². The van der Waals surface area contributed by atoms with E-state index in [1.807, 2.05) is 55.5 Å². The monoisotopic (exact) mass is 409 g/mol. The van der Waals surface area contributed by atoms with E-state index in [2.05, 4.69) is 20.7 Å². The van der Waals surface area contributed by atoms with Gasteiger partial charge in [-0.2, -0.15) is 5.10 Å². The van der Waals surface area contributed by atoms with Crippen molar-refractivity contribution >= 4 is 29.3 Å². The third kappa shape index (κ3) is 7.08. The van der Waals surface area contributed by atoms with Crippen LogP contribution in [0.4, 0.5) is 5.69 Å². The summed E-state index contributed by atoms with van der Waals surface area (Å²) in [6, 6.07) is 15.6. The molecule has 0 radical (unpaired) electrons. The number of anilines is 1. The lowest BCUT2D eigenvalue weighted by molar-refractivity contribution is -0.118. The molecule has 1 heterocycles. The topological polar surface area (TPSA) is 88.9 Å². The molecule has 0 fully saturated rings. The number of aromatic nitrogens is 3. The SMILES string of the molecule is Cc1ccc(NC(=O)CSCC(=O)NCc2ccc(Cn3cncn3)cc2)cc1. The number of thioether (sulfide) groups is 1. The molecule has 3 aromatic rings. The van der Waals surface area contributed by atoms with Gasteiger partial charge >= 0.3 is 0 Å². The molecule has 0 spiro atoms. The third-order valence-corrected chi connectivity index (χ3v) is 5.06. The predicted molar refractivity (Wildman–Crippen MR) is 115 cm³/mol. The van der Waals surface area contributed by atoms with Crippen molar-refractivity contribution in [2.24, 2.45) is 0 Å². The largest absolute Gasteiger partial charge is 0.351 e. The van der Waals surface area contributed by atoms with Crippen LogP contribution in [0.2, 0.25) is 0 Å². The molecule has 8 heteroatoms. The van der Waals surface area contributed by atoms with Crippen molar-refractivity contribution in [2.75, 3.05) is 16.8 Å². The highest BCUT2D eigenvalue weighted by Crippen LogP contribution is 2.10. The van der Waals surface area contributed by atoms with Crippen LogP contribution < -0.4 is 10.6 Å². The van der Waals surface area contributed by atoms with E-state index in [4.69, 9.17) is 0 Å². The molecule has 0 aliphatic rings. The van der Waals surface area contributed by atoms with Crippen LogP contribution >= 0.6 is 11.8 Å². The molecule has 0 aliphatic carbocycles. The highest BCUT2D eigenvalue weighted by Gasteiger charge is 2.06. The van der Waals surface area contributed by atoms with E-state index in [1.54, 1.807) is 11.0 Å². The van der Waals surface area contributed by atoms with E-state index in [1.165, 1.54) is 18.1 Å². The van der Waals surface area contributed by atoms with Crippen LogP contribution in [0.5, 0.6) is 0 Å². The van der Waals surface area contributed by atoms with Crippen LogP contribution in [-0.2, 0) is 22.7 Å². The van der Waals surface area contributed by atoms with Crippen LogP contribution in [0, 0.1) is 6.92 Å². The molecule has 7 nitrogen and oxygen atoms in total. The zero-order valence-electron chi connectivity index (χ0n) is 16.2. The molecule has 0 aliphatic heterocycles. The molecule has 2 N–H and O–H groups in total. The van der Waals surface area contributed by atoms with Crippen molar-refractivity contribution in [3.63, 3.8) is 0 Å². The van der Waals surface area contributed by atoms with Gasteiger partial charge in [-0.1, -0.05) is 42.0 Å². The van der Waals surface area contributed by atoms with Gasteiger partial charge in [0.15, 0.2) is 0 Å². The number of rotatable bonds is 9. The number of nitrogens with zero attached hydrogens (tertiary/aromatic N) is 3. The van der Waals surface area contributed by atoms with Crippen LogP contribution in [0.1, 0.15) is 16.7 Å². The molecule has 2 amide bonds. The first-order chi connectivity index (χ1) is 14.1. The minimum atomic E-state index is -0.116. The minimum Gasteiger partial charge on any atom is -0.351 e. The van der Waals surface area contributed by atoms with Crippen LogP contribution in [0.3, 0.4) is 0 Å². The Bertz CT molecular complexity index is 925. The molecule has 0 saturated carbocycles. The number of benzene rings is 2. The maximum Gasteiger partial charge on any atom is 0.234 e. The molecule has 150 valence electrons. The van der Waals surface area contributed by atoms with Gasteiger partial charge in [-0.05, 0) is 30.2 Å². The Hall–Kier alpha value is -3.13. The fourth-order valence-corrected chi connectivity index (χ4v) is 3.23. The first-order valence-corrected chi connectivity index (χ1v) is 10.3. The second-order valence-electron chi connectivity index (χ2n) is 6.59. The maximum atomic E-state index is 12.0. The molecule has 29 heavy (non-hydrogen) atoms. The molecule has 0 bridgehead atoms. The first-order valence-electron chi connectivity index (χ1n) is 9.20. The van der Waals surface area contributed by atoms with Gasteiger partial charge in [-0.25, -0.2) is 9.67 Å². The molecule has 1 aromatic heterocycles. The second-order valence-corrected chi connectivity index (χ2v) is 7.58. The zero-order valence-corrected chi connectivity index (χ0v) is 17.0. The Labute approximate surface area is 173 Å². The number of amides is 2. The number of hydrogen-bond acceptors (Lipinski definition) is 5. The molecule has 2 aromatic carbocycles. The molecular formula is C21H23N5O2S. The van der Waals surface area contributed by atoms with E-state index in [-0.39, 0.29) is 23.3 Å². The third-order valence-electron chi connectivity index (χ3n) is 4.13. The lowest BCUT2D eigenvalue weighted by atomic mass is 10.1. The highest BCUT2D eigenvalue weighted by molar-refractivity contribution is 8.00. The molecule has 0 unspecified atom stereocenters. The quantitative estimate of drug-likeness (QED) is 0.567. The predicted octanol–water partition coefficient (Wildman–Crippen LogP) is 2.62. The summed E-state index contributed by atoms with van der Waals surface area (Å²) < 4.78 is 1.75.